The molecule has 1 aromatic heterocycles. The third-order valence-electron chi connectivity index (χ3n) is 6.10. The monoisotopic (exact) mass is 492 g/mol. The lowest BCUT2D eigenvalue weighted by Crippen LogP contribution is -2.54. The Balaban J connectivity index is 1.76. The number of H-pyrrole nitrogens is 1. The highest BCUT2D eigenvalue weighted by Gasteiger charge is 2.37. The number of nitrogens with zero attached hydrogens (tertiary/aromatic N) is 1. The van der Waals surface area contributed by atoms with Crippen molar-refractivity contribution in [2.24, 2.45) is 5.92 Å². The highest BCUT2D eigenvalue weighted by atomic mass is 31.2. The minimum Gasteiger partial charge on any atom is -0.361 e. The molecule has 34 heavy (non-hydrogen) atoms. The molecule has 1 fully saturated rings. The molecule has 1 aliphatic heterocycles. The Morgan fingerprint density at radius 1 is 1.21 bits per heavy atom. The molecule has 11 heteroatoms. The lowest BCUT2D eigenvalue weighted by Gasteiger charge is -2.28. The molecule has 0 aliphatic carbocycles. The van der Waals surface area contributed by atoms with Crippen molar-refractivity contribution < 1.29 is 28.7 Å². The summed E-state index contributed by atoms with van der Waals surface area (Å²) in [4.78, 5) is 62.3. The first-order valence-electron chi connectivity index (χ1n) is 11.5. The van der Waals surface area contributed by atoms with Crippen LogP contribution >= 0.6 is 7.60 Å². The molecule has 1 aromatic carbocycles. The second kappa shape index (κ2) is 10.7. The van der Waals surface area contributed by atoms with Gasteiger partial charge in [-0.15, -0.1) is 0 Å². The number of hydrogen-bond donors (Lipinski definition) is 5. The maximum atomic E-state index is 13.1. The van der Waals surface area contributed by atoms with E-state index in [9.17, 15) is 28.7 Å². The van der Waals surface area contributed by atoms with Gasteiger partial charge in [-0.1, -0.05) is 32.0 Å². The Labute approximate surface area is 198 Å². The number of aromatic nitrogens is 1. The normalized spacial score (nSPS) is 18.2. The summed E-state index contributed by atoms with van der Waals surface area (Å²) in [7, 11) is -4.71. The van der Waals surface area contributed by atoms with Gasteiger partial charge in [-0.2, -0.15) is 0 Å². The van der Waals surface area contributed by atoms with Crippen LogP contribution in [-0.2, 0) is 25.4 Å². The quantitative estimate of drug-likeness (QED) is 0.337. The minimum absolute atomic E-state index is 0.0330. The Bertz CT molecular complexity index is 1090. The van der Waals surface area contributed by atoms with Gasteiger partial charge >= 0.3 is 7.60 Å². The summed E-state index contributed by atoms with van der Waals surface area (Å²) >= 11 is 0. The first-order valence-corrected chi connectivity index (χ1v) is 13.1. The summed E-state index contributed by atoms with van der Waals surface area (Å²) in [6, 6.07) is 5.73. The van der Waals surface area contributed by atoms with E-state index in [2.05, 4.69) is 15.6 Å². The van der Waals surface area contributed by atoms with Crippen LogP contribution in [0.15, 0.2) is 30.5 Å². The summed E-state index contributed by atoms with van der Waals surface area (Å²) in [6.45, 7) is 5.66. The lowest BCUT2D eigenvalue weighted by atomic mass is 10.0. The third kappa shape index (κ3) is 6.25. The van der Waals surface area contributed by atoms with Crippen molar-refractivity contribution in [1.29, 1.82) is 0 Å². The maximum Gasteiger partial charge on any atom is 0.347 e. The number of likely N-dealkylation sites (tertiary alicyclic amines) is 1. The lowest BCUT2D eigenvalue weighted by molar-refractivity contribution is -0.138. The van der Waals surface area contributed by atoms with Gasteiger partial charge in [0.05, 0.1) is 0 Å². The largest absolute Gasteiger partial charge is 0.361 e. The summed E-state index contributed by atoms with van der Waals surface area (Å²) < 4.78 is 12.3. The number of para-hydroxylation sites is 1. The van der Waals surface area contributed by atoms with Crippen molar-refractivity contribution in [2.45, 2.75) is 64.3 Å². The number of nitrogens with one attached hydrogen (secondary N) is 3. The number of rotatable bonds is 9. The molecule has 186 valence electrons. The number of aromatic amines is 1. The molecule has 0 bridgehead atoms. The second-order valence-corrected chi connectivity index (χ2v) is 11.0. The molecular weight excluding hydrogens is 459 g/mol. The van der Waals surface area contributed by atoms with Crippen LogP contribution in [0.3, 0.4) is 0 Å². The second-order valence-electron chi connectivity index (χ2n) is 9.24. The van der Waals surface area contributed by atoms with Crippen molar-refractivity contribution in [3.05, 3.63) is 36.0 Å². The van der Waals surface area contributed by atoms with Gasteiger partial charge in [0.15, 0.2) is 0 Å². The van der Waals surface area contributed by atoms with Crippen LogP contribution in [0, 0.1) is 5.92 Å². The smallest absolute Gasteiger partial charge is 0.347 e. The zero-order chi connectivity index (χ0) is 25.0. The molecule has 0 unspecified atom stereocenters. The Hall–Kier alpha value is -2.68. The van der Waals surface area contributed by atoms with E-state index in [-0.39, 0.29) is 24.7 Å². The topological polar surface area (TPSA) is 152 Å². The van der Waals surface area contributed by atoms with Gasteiger partial charge in [-0.3, -0.25) is 18.9 Å². The van der Waals surface area contributed by atoms with E-state index >= 15 is 0 Å². The number of fused-ring (bicyclic) bond motifs is 1. The van der Waals surface area contributed by atoms with Crippen LogP contribution in [-0.4, -0.2) is 61.8 Å². The van der Waals surface area contributed by atoms with Gasteiger partial charge in [-0.05, 0) is 36.8 Å². The van der Waals surface area contributed by atoms with E-state index in [1.54, 1.807) is 6.20 Å². The first-order chi connectivity index (χ1) is 16.0. The summed E-state index contributed by atoms with van der Waals surface area (Å²) in [6.07, 6.45) is 3.08. The fraction of sp³-hybridized carbons (Fsp3) is 0.522. The minimum atomic E-state index is -4.71. The fourth-order valence-electron chi connectivity index (χ4n) is 4.41. The fourth-order valence-corrected chi connectivity index (χ4v) is 5.14. The van der Waals surface area contributed by atoms with Crippen molar-refractivity contribution in [2.75, 3.05) is 6.54 Å². The molecule has 3 rings (SSSR count). The van der Waals surface area contributed by atoms with Gasteiger partial charge in [0.25, 0.3) is 0 Å². The van der Waals surface area contributed by atoms with Gasteiger partial charge in [-0.25, -0.2) is 0 Å². The zero-order valence-electron chi connectivity index (χ0n) is 19.7. The molecule has 10 nitrogen and oxygen atoms in total. The average Bonchev–Trinajstić information content (AvgIpc) is 3.39. The van der Waals surface area contributed by atoms with Crippen LogP contribution in [0.4, 0.5) is 0 Å². The van der Waals surface area contributed by atoms with E-state index in [1.807, 2.05) is 38.1 Å². The molecule has 2 aromatic rings. The highest BCUT2D eigenvalue weighted by molar-refractivity contribution is 7.52. The van der Waals surface area contributed by atoms with Crippen molar-refractivity contribution in [3.63, 3.8) is 0 Å². The van der Waals surface area contributed by atoms with Crippen LogP contribution in [0.5, 0.6) is 0 Å². The number of benzene rings is 1. The molecule has 1 aliphatic rings. The SMILES string of the molecule is CC(=O)N1CCC[C@H]1C(=O)N[C@@H](CC(C)C)C(=O)N[C@@H](Cc1c[nH]c2ccccc12)P(=O)(O)O. The van der Waals surface area contributed by atoms with Crippen LogP contribution in [0.1, 0.15) is 45.6 Å². The van der Waals surface area contributed by atoms with E-state index in [1.165, 1.54) is 11.8 Å². The summed E-state index contributed by atoms with van der Waals surface area (Å²) in [5.41, 5.74) is 1.49. The van der Waals surface area contributed by atoms with Crippen LogP contribution in [0.2, 0.25) is 0 Å². The van der Waals surface area contributed by atoms with Crippen molar-refractivity contribution >= 4 is 36.2 Å². The predicted octanol–water partition coefficient (Wildman–Crippen LogP) is 1.87. The Morgan fingerprint density at radius 3 is 2.56 bits per heavy atom. The summed E-state index contributed by atoms with van der Waals surface area (Å²) in [5.74, 6) is -2.72. The number of hydrogen-bond acceptors (Lipinski definition) is 4. The zero-order valence-corrected chi connectivity index (χ0v) is 20.5. The molecule has 3 amide bonds. The predicted molar refractivity (Wildman–Crippen MR) is 128 cm³/mol. The maximum absolute atomic E-state index is 13.1. The van der Waals surface area contributed by atoms with Gasteiger partial charge < -0.3 is 30.3 Å². The third-order valence-corrected chi connectivity index (χ3v) is 7.23. The molecule has 1 saturated heterocycles. The van der Waals surface area contributed by atoms with E-state index < -0.39 is 37.3 Å². The first kappa shape index (κ1) is 25.9. The number of carbonyl (C=O) groups is 3. The molecule has 0 saturated carbocycles. The van der Waals surface area contributed by atoms with Gasteiger partial charge in [0.1, 0.15) is 17.9 Å². The number of carbonyl (C=O) groups excluding carboxylic acids is 3. The molecular formula is C23H33N4O6P. The molecule has 5 N–H and O–H groups in total. The van der Waals surface area contributed by atoms with Crippen LogP contribution in [0.25, 0.3) is 10.9 Å². The van der Waals surface area contributed by atoms with E-state index in [0.29, 0.717) is 24.9 Å². The summed E-state index contributed by atoms with van der Waals surface area (Å²) in [5, 5.41) is 6.01. The standard InChI is InChI=1S/C23H33N4O6P/c1-14(2)11-19(25-23(30)20-9-6-10-27(20)15(3)28)22(29)26-21(34(31,32)33)12-16-13-24-18-8-5-4-7-17(16)18/h4-5,7-8,13-14,19-21,24H,6,9-12H2,1-3H3,(H,25,30)(H,26,29)(H2,31,32,33)/t19-,20-,21+/m0/s1. The Kier molecular flexibility index (Phi) is 8.17. The Morgan fingerprint density at radius 2 is 1.91 bits per heavy atom. The van der Waals surface area contributed by atoms with Crippen molar-refractivity contribution in [1.82, 2.24) is 20.5 Å². The van der Waals surface area contributed by atoms with Gasteiger partial charge in [0.2, 0.25) is 17.7 Å². The van der Waals surface area contributed by atoms with Crippen molar-refractivity contribution in [3.8, 4) is 0 Å². The molecule has 0 spiro atoms. The molecule has 3 atom stereocenters. The van der Waals surface area contributed by atoms with Crippen LogP contribution < -0.4 is 10.6 Å². The van der Waals surface area contributed by atoms with E-state index in [4.69, 9.17) is 0 Å². The molecule has 2 heterocycles. The molecule has 0 radical (unpaired) electrons. The highest BCUT2D eigenvalue weighted by Crippen LogP contribution is 2.42. The van der Waals surface area contributed by atoms with E-state index in [0.717, 1.165) is 10.9 Å². The average molecular weight is 493 g/mol. The van der Waals surface area contributed by atoms with Gasteiger partial charge in [0, 0.05) is 37.0 Å². The number of amides is 3.